The molecule has 0 aliphatic heterocycles. The number of benzene rings is 1. The van der Waals surface area contributed by atoms with Crippen LogP contribution in [0.25, 0.3) is 0 Å². The van der Waals surface area contributed by atoms with E-state index in [1.165, 1.54) is 18.2 Å². The van der Waals surface area contributed by atoms with Gasteiger partial charge in [0.15, 0.2) is 0 Å². The van der Waals surface area contributed by atoms with Crippen molar-refractivity contribution in [1.29, 1.82) is 0 Å². The highest BCUT2D eigenvalue weighted by Gasteiger charge is 2.14. The van der Waals surface area contributed by atoms with Crippen LogP contribution in [0.2, 0.25) is 5.02 Å². The Labute approximate surface area is 97.9 Å². The van der Waals surface area contributed by atoms with E-state index >= 15 is 0 Å². The van der Waals surface area contributed by atoms with Gasteiger partial charge < -0.3 is 9.67 Å². The Kier molecular flexibility index (Phi) is 2.99. The highest BCUT2D eigenvalue weighted by molar-refractivity contribution is 6.30. The van der Waals surface area contributed by atoms with Crippen LogP contribution in [0.4, 0.5) is 4.39 Å². The van der Waals surface area contributed by atoms with Crippen LogP contribution in [0, 0.1) is 5.82 Å². The molecule has 1 heterocycles. The Balaban J connectivity index is 2.38. The van der Waals surface area contributed by atoms with E-state index in [0.717, 1.165) is 5.69 Å². The largest absolute Gasteiger partial charge is 0.382 e. The zero-order valence-electron chi connectivity index (χ0n) is 8.69. The Morgan fingerprint density at radius 3 is 2.69 bits per heavy atom. The summed E-state index contributed by atoms with van der Waals surface area (Å²) in [5.41, 5.74) is 1.32. The molecule has 0 spiro atoms. The minimum Gasteiger partial charge on any atom is -0.382 e. The maximum atomic E-state index is 13.0. The summed E-state index contributed by atoms with van der Waals surface area (Å²) in [6.07, 6.45) is 1.04. The van der Waals surface area contributed by atoms with E-state index in [1.807, 2.05) is 29.9 Å². The molecule has 0 radical (unpaired) electrons. The number of nitrogens with zero attached hydrogens (tertiary/aromatic N) is 1. The zero-order valence-corrected chi connectivity index (χ0v) is 9.45. The van der Waals surface area contributed by atoms with Gasteiger partial charge in [0, 0.05) is 13.2 Å². The predicted octanol–water partition coefficient (Wildman–Crippen LogP) is 2.90. The maximum absolute atomic E-state index is 13.0. The second kappa shape index (κ2) is 4.28. The fraction of sp³-hybridized carbons (Fsp3) is 0.167. The first-order chi connectivity index (χ1) is 7.59. The van der Waals surface area contributed by atoms with Gasteiger partial charge in [0.1, 0.15) is 11.9 Å². The third-order valence-corrected chi connectivity index (χ3v) is 2.81. The van der Waals surface area contributed by atoms with Crippen molar-refractivity contribution >= 4 is 11.6 Å². The molecule has 0 aliphatic carbocycles. The molecule has 0 unspecified atom stereocenters. The molecule has 0 saturated heterocycles. The molecule has 84 valence electrons. The van der Waals surface area contributed by atoms with Crippen molar-refractivity contribution in [3.05, 3.63) is 58.6 Å². The van der Waals surface area contributed by atoms with Crippen LogP contribution in [-0.2, 0) is 7.05 Å². The second-order valence-electron chi connectivity index (χ2n) is 3.62. The minimum absolute atomic E-state index is 0.0192. The number of halogens is 2. The minimum atomic E-state index is -0.793. The predicted molar refractivity (Wildman–Crippen MR) is 60.9 cm³/mol. The van der Waals surface area contributed by atoms with Crippen LogP contribution in [-0.4, -0.2) is 9.67 Å². The number of aliphatic hydroxyl groups excluding tert-OH is 1. The Morgan fingerprint density at radius 1 is 1.38 bits per heavy atom. The molecule has 0 amide bonds. The molecule has 1 aromatic carbocycles. The molecule has 2 rings (SSSR count). The van der Waals surface area contributed by atoms with Gasteiger partial charge in [-0.2, -0.15) is 0 Å². The first-order valence-corrected chi connectivity index (χ1v) is 5.21. The number of hydrogen-bond acceptors (Lipinski definition) is 1. The smallest absolute Gasteiger partial charge is 0.141 e. The van der Waals surface area contributed by atoms with E-state index in [9.17, 15) is 9.50 Å². The van der Waals surface area contributed by atoms with Crippen molar-refractivity contribution in [3.63, 3.8) is 0 Å². The molecule has 1 N–H and O–H groups in total. The molecular weight excluding hydrogens is 229 g/mol. The van der Waals surface area contributed by atoms with E-state index in [0.29, 0.717) is 5.56 Å². The second-order valence-corrected chi connectivity index (χ2v) is 4.03. The quantitative estimate of drug-likeness (QED) is 0.857. The van der Waals surface area contributed by atoms with E-state index in [2.05, 4.69) is 0 Å². The third-order valence-electron chi connectivity index (χ3n) is 2.52. The number of aryl methyl sites for hydroxylation is 1. The third kappa shape index (κ3) is 1.96. The van der Waals surface area contributed by atoms with Crippen molar-refractivity contribution in [2.24, 2.45) is 7.05 Å². The number of aromatic nitrogens is 1. The van der Waals surface area contributed by atoms with Gasteiger partial charge in [-0.1, -0.05) is 17.7 Å². The lowest BCUT2D eigenvalue weighted by atomic mass is 10.1. The van der Waals surface area contributed by atoms with Gasteiger partial charge in [0.25, 0.3) is 0 Å². The van der Waals surface area contributed by atoms with Crippen LogP contribution in [0.1, 0.15) is 17.4 Å². The Bertz CT molecular complexity index is 509. The van der Waals surface area contributed by atoms with Gasteiger partial charge >= 0.3 is 0 Å². The molecular formula is C12H11ClFNO. The molecule has 0 fully saturated rings. The van der Waals surface area contributed by atoms with Gasteiger partial charge in [0.05, 0.1) is 10.7 Å². The van der Waals surface area contributed by atoms with Crippen molar-refractivity contribution in [3.8, 4) is 0 Å². The zero-order chi connectivity index (χ0) is 11.7. The molecule has 1 atom stereocenters. The molecule has 2 aromatic rings. The van der Waals surface area contributed by atoms with Crippen molar-refractivity contribution in [2.45, 2.75) is 6.10 Å². The van der Waals surface area contributed by atoms with Crippen LogP contribution < -0.4 is 0 Å². The standard InChI is InChI=1S/C12H11ClFNO/c1-15-6-2-3-11(15)12(16)8-4-5-10(14)9(13)7-8/h2-7,12,16H,1H3/t12-/m1/s1. The van der Waals surface area contributed by atoms with Crippen molar-refractivity contribution in [2.75, 3.05) is 0 Å². The number of aliphatic hydroxyl groups is 1. The summed E-state index contributed by atoms with van der Waals surface area (Å²) in [5, 5.41) is 10.1. The summed E-state index contributed by atoms with van der Waals surface area (Å²) < 4.78 is 14.8. The number of rotatable bonds is 2. The van der Waals surface area contributed by atoms with E-state index < -0.39 is 11.9 Å². The van der Waals surface area contributed by atoms with Crippen LogP contribution >= 0.6 is 11.6 Å². The summed E-state index contributed by atoms with van der Waals surface area (Å²) in [4.78, 5) is 0. The first-order valence-electron chi connectivity index (χ1n) is 4.84. The lowest BCUT2D eigenvalue weighted by molar-refractivity contribution is 0.211. The van der Waals surface area contributed by atoms with Gasteiger partial charge in [-0.15, -0.1) is 0 Å². The van der Waals surface area contributed by atoms with Gasteiger partial charge in [-0.3, -0.25) is 0 Å². The van der Waals surface area contributed by atoms with Crippen LogP contribution in [0.3, 0.4) is 0 Å². The molecule has 0 aliphatic rings. The molecule has 2 nitrogen and oxygen atoms in total. The molecule has 16 heavy (non-hydrogen) atoms. The van der Waals surface area contributed by atoms with Crippen LogP contribution in [0.15, 0.2) is 36.5 Å². The normalized spacial score (nSPS) is 12.8. The SMILES string of the molecule is Cn1cccc1[C@H](O)c1ccc(F)c(Cl)c1. The molecule has 4 heteroatoms. The van der Waals surface area contributed by atoms with Gasteiger partial charge in [0.2, 0.25) is 0 Å². The van der Waals surface area contributed by atoms with Gasteiger partial charge in [-0.05, 0) is 29.8 Å². The fourth-order valence-electron chi connectivity index (χ4n) is 1.61. The highest BCUT2D eigenvalue weighted by atomic mass is 35.5. The lowest BCUT2D eigenvalue weighted by Crippen LogP contribution is -2.05. The van der Waals surface area contributed by atoms with E-state index in [-0.39, 0.29) is 5.02 Å². The number of hydrogen-bond donors (Lipinski definition) is 1. The summed E-state index contributed by atoms with van der Waals surface area (Å²) in [7, 11) is 1.84. The summed E-state index contributed by atoms with van der Waals surface area (Å²) in [5.74, 6) is -0.482. The van der Waals surface area contributed by atoms with Crippen molar-refractivity contribution in [1.82, 2.24) is 4.57 Å². The molecule has 0 bridgehead atoms. The monoisotopic (exact) mass is 239 g/mol. The fourth-order valence-corrected chi connectivity index (χ4v) is 1.80. The average molecular weight is 240 g/mol. The van der Waals surface area contributed by atoms with E-state index in [4.69, 9.17) is 11.6 Å². The topological polar surface area (TPSA) is 25.2 Å². The summed E-state index contributed by atoms with van der Waals surface area (Å²) >= 11 is 5.67. The Hall–Kier alpha value is -1.32. The van der Waals surface area contributed by atoms with E-state index in [1.54, 1.807) is 0 Å². The average Bonchev–Trinajstić information content (AvgIpc) is 2.67. The maximum Gasteiger partial charge on any atom is 0.141 e. The first kappa shape index (κ1) is 11.2. The summed E-state index contributed by atoms with van der Waals surface area (Å²) in [6.45, 7) is 0. The molecule has 0 saturated carbocycles. The molecule has 1 aromatic heterocycles. The highest BCUT2D eigenvalue weighted by Crippen LogP contribution is 2.25. The lowest BCUT2D eigenvalue weighted by Gasteiger charge is -2.12. The summed E-state index contributed by atoms with van der Waals surface area (Å²) in [6, 6.07) is 7.86. The van der Waals surface area contributed by atoms with Crippen molar-refractivity contribution < 1.29 is 9.50 Å². The van der Waals surface area contributed by atoms with Crippen LogP contribution in [0.5, 0.6) is 0 Å². The Morgan fingerprint density at radius 2 is 2.12 bits per heavy atom. The van der Waals surface area contributed by atoms with Gasteiger partial charge in [-0.25, -0.2) is 4.39 Å².